The number of benzene rings is 1. The zero-order valence-electron chi connectivity index (χ0n) is 11.3. The minimum Gasteiger partial charge on any atom is -0.466 e. The van der Waals surface area contributed by atoms with Crippen LogP contribution >= 0.6 is 0 Å². The van der Waals surface area contributed by atoms with Gasteiger partial charge < -0.3 is 4.74 Å². The van der Waals surface area contributed by atoms with Gasteiger partial charge in [-0.3, -0.25) is 9.79 Å². The topological polar surface area (TPSA) is 38.7 Å². The van der Waals surface area contributed by atoms with E-state index in [1.807, 2.05) is 25.1 Å². The highest BCUT2D eigenvalue weighted by molar-refractivity contribution is 6.04. The Morgan fingerprint density at radius 3 is 3.05 bits per heavy atom. The summed E-state index contributed by atoms with van der Waals surface area (Å²) >= 11 is 0. The highest BCUT2D eigenvalue weighted by Gasteiger charge is 2.46. The summed E-state index contributed by atoms with van der Waals surface area (Å²) in [6.45, 7) is 2.30. The molecule has 0 saturated heterocycles. The average molecular weight is 257 g/mol. The molecule has 1 aliphatic carbocycles. The molecule has 0 spiro atoms. The van der Waals surface area contributed by atoms with Crippen molar-refractivity contribution in [1.29, 1.82) is 0 Å². The number of fused-ring (bicyclic) bond motifs is 3. The van der Waals surface area contributed by atoms with Crippen molar-refractivity contribution in [3.05, 3.63) is 29.8 Å². The molecule has 2 aliphatic rings. The number of hydrogen-bond donors (Lipinski definition) is 0. The Bertz CT molecular complexity index is 535. The first-order chi connectivity index (χ1) is 9.26. The van der Waals surface area contributed by atoms with Crippen molar-refractivity contribution >= 4 is 17.4 Å². The van der Waals surface area contributed by atoms with Gasteiger partial charge in [0.2, 0.25) is 0 Å². The fourth-order valence-electron chi connectivity index (χ4n) is 3.42. The van der Waals surface area contributed by atoms with Crippen molar-refractivity contribution in [1.82, 2.24) is 0 Å². The number of rotatable bonds is 3. The third-order valence-corrected chi connectivity index (χ3v) is 4.25. The van der Waals surface area contributed by atoms with Crippen LogP contribution in [0.2, 0.25) is 0 Å². The van der Waals surface area contributed by atoms with Gasteiger partial charge in [-0.15, -0.1) is 0 Å². The van der Waals surface area contributed by atoms with Crippen molar-refractivity contribution in [3.63, 3.8) is 0 Å². The minimum absolute atomic E-state index is 0.103. The number of esters is 1. The van der Waals surface area contributed by atoms with E-state index in [2.05, 4.69) is 6.07 Å². The van der Waals surface area contributed by atoms with E-state index < -0.39 is 0 Å². The van der Waals surface area contributed by atoms with Gasteiger partial charge in [0, 0.05) is 11.1 Å². The van der Waals surface area contributed by atoms with Crippen LogP contribution in [0.25, 0.3) is 0 Å². The molecule has 1 heterocycles. The lowest BCUT2D eigenvalue weighted by molar-refractivity contribution is -0.144. The molecule has 100 valence electrons. The molecule has 1 aromatic rings. The van der Waals surface area contributed by atoms with Gasteiger partial charge in [0.1, 0.15) is 0 Å². The van der Waals surface area contributed by atoms with E-state index in [1.54, 1.807) is 0 Å². The molecular formula is C16H19NO2. The highest BCUT2D eigenvalue weighted by atomic mass is 16.5. The second-order valence-corrected chi connectivity index (χ2v) is 5.35. The van der Waals surface area contributed by atoms with Crippen LogP contribution in [-0.4, -0.2) is 18.3 Å². The second kappa shape index (κ2) is 4.80. The number of aliphatic imine (C=N–C) groups is 1. The summed E-state index contributed by atoms with van der Waals surface area (Å²) in [7, 11) is 0. The van der Waals surface area contributed by atoms with Gasteiger partial charge in [-0.25, -0.2) is 0 Å². The molecule has 0 unspecified atom stereocenters. The standard InChI is InChI=1S/C16H19NO2/c1-2-19-15(18)11-16-10-6-5-9-14(16)17-13-8-4-3-7-12(13)16/h3-4,7-8H,2,5-6,9-11H2,1H3/t16-/m1/s1. The lowest BCUT2D eigenvalue weighted by Gasteiger charge is -2.34. The third kappa shape index (κ3) is 1.97. The molecule has 0 aromatic heterocycles. The SMILES string of the molecule is CCOC(=O)C[C@@]12CCCCC1=Nc1ccccc12. The lowest BCUT2D eigenvalue weighted by Crippen LogP contribution is -2.38. The molecule has 3 heteroatoms. The van der Waals surface area contributed by atoms with E-state index in [4.69, 9.17) is 9.73 Å². The summed E-state index contributed by atoms with van der Waals surface area (Å²) in [6, 6.07) is 8.22. The quantitative estimate of drug-likeness (QED) is 0.777. The van der Waals surface area contributed by atoms with Gasteiger partial charge in [-0.2, -0.15) is 0 Å². The van der Waals surface area contributed by atoms with Crippen molar-refractivity contribution in [2.75, 3.05) is 6.61 Å². The Morgan fingerprint density at radius 1 is 1.37 bits per heavy atom. The van der Waals surface area contributed by atoms with Gasteiger partial charge in [0.05, 0.1) is 18.7 Å². The first kappa shape index (κ1) is 12.4. The van der Waals surface area contributed by atoms with Crippen LogP contribution in [0.15, 0.2) is 29.3 Å². The average Bonchev–Trinajstić information content (AvgIpc) is 2.73. The smallest absolute Gasteiger partial charge is 0.307 e. The molecule has 3 nitrogen and oxygen atoms in total. The summed E-state index contributed by atoms with van der Waals surface area (Å²) in [4.78, 5) is 16.7. The Labute approximate surface area is 113 Å². The summed E-state index contributed by atoms with van der Waals surface area (Å²) in [5.74, 6) is -0.103. The molecule has 3 rings (SSSR count). The predicted molar refractivity (Wildman–Crippen MR) is 74.9 cm³/mol. The lowest BCUT2D eigenvalue weighted by atomic mass is 9.67. The maximum Gasteiger partial charge on any atom is 0.307 e. The van der Waals surface area contributed by atoms with Crippen LogP contribution < -0.4 is 0 Å². The number of hydrogen-bond acceptors (Lipinski definition) is 3. The largest absolute Gasteiger partial charge is 0.466 e. The third-order valence-electron chi connectivity index (χ3n) is 4.25. The Balaban J connectivity index is 1.99. The van der Waals surface area contributed by atoms with Crippen molar-refractivity contribution in [2.45, 2.75) is 44.4 Å². The zero-order chi connectivity index (χ0) is 13.3. The van der Waals surface area contributed by atoms with E-state index in [0.29, 0.717) is 13.0 Å². The first-order valence-corrected chi connectivity index (χ1v) is 7.09. The molecule has 0 N–H and O–H groups in total. The van der Waals surface area contributed by atoms with Crippen LogP contribution in [0, 0.1) is 0 Å². The number of carbonyl (C=O) groups excluding carboxylic acids is 1. The molecule has 0 bridgehead atoms. The molecule has 1 aliphatic heterocycles. The van der Waals surface area contributed by atoms with E-state index in [0.717, 1.165) is 24.9 Å². The van der Waals surface area contributed by atoms with Crippen LogP contribution in [0.1, 0.15) is 44.6 Å². The van der Waals surface area contributed by atoms with Crippen LogP contribution in [0.4, 0.5) is 5.69 Å². The maximum absolute atomic E-state index is 12.0. The van der Waals surface area contributed by atoms with Crippen molar-refractivity contribution < 1.29 is 9.53 Å². The molecule has 1 atom stereocenters. The van der Waals surface area contributed by atoms with Gasteiger partial charge in [-0.05, 0) is 37.8 Å². The van der Waals surface area contributed by atoms with E-state index in [9.17, 15) is 4.79 Å². The van der Waals surface area contributed by atoms with Crippen LogP contribution in [-0.2, 0) is 14.9 Å². The molecule has 0 radical (unpaired) electrons. The summed E-state index contributed by atoms with van der Waals surface area (Å²) < 4.78 is 5.17. The number of nitrogens with zero attached hydrogens (tertiary/aromatic N) is 1. The zero-order valence-corrected chi connectivity index (χ0v) is 11.3. The fraction of sp³-hybridized carbons (Fsp3) is 0.500. The summed E-state index contributed by atoms with van der Waals surface area (Å²) in [5, 5.41) is 0. The second-order valence-electron chi connectivity index (χ2n) is 5.35. The number of para-hydroxylation sites is 1. The van der Waals surface area contributed by atoms with Gasteiger partial charge in [0.25, 0.3) is 0 Å². The predicted octanol–water partition coefficient (Wildman–Crippen LogP) is 3.54. The minimum atomic E-state index is -0.179. The Kier molecular flexibility index (Phi) is 3.13. The van der Waals surface area contributed by atoms with Gasteiger partial charge in [-0.1, -0.05) is 24.6 Å². The Morgan fingerprint density at radius 2 is 2.21 bits per heavy atom. The van der Waals surface area contributed by atoms with Crippen molar-refractivity contribution in [3.8, 4) is 0 Å². The fourth-order valence-corrected chi connectivity index (χ4v) is 3.42. The van der Waals surface area contributed by atoms with Gasteiger partial charge >= 0.3 is 5.97 Å². The molecular weight excluding hydrogens is 238 g/mol. The number of carbonyl (C=O) groups is 1. The molecule has 1 aromatic carbocycles. The summed E-state index contributed by atoms with van der Waals surface area (Å²) in [5.41, 5.74) is 3.27. The molecule has 1 fully saturated rings. The highest BCUT2D eigenvalue weighted by Crippen LogP contribution is 2.49. The maximum atomic E-state index is 12.0. The Hall–Kier alpha value is -1.64. The van der Waals surface area contributed by atoms with Gasteiger partial charge in [0.15, 0.2) is 0 Å². The normalized spacial score (nSPS) is 24.4. The van der Waals surface area contributed by atoms with Crippen LogP contribution in [0.3, 0.4) is 0 Å². The number of ether oxygens (including phenoxy) is 1. The van der Waals surface area contributed by atoms with Crippen LogP contribution in [0.5, 0.6) is 0 Å². The van der Waals surface area contributed by atoms with E-state index >= 15 is 0 Å². The van der Waals surface area contributed by atoms with E-state index in [1.165, 1.54) is 17.7 Å². The monoisotopic (exact) mass is 257 g/mol. The first-order valence-electron chi connectivity index (χ1n) is 7.09. The molecule has 19 heavy (non-hydrogen) atoms. The van der Waals surface area contributed by atoms with E-state index in [-0.39, 0.29) is 11.4 Å². The molecule has 1 saturated carbocycles. The molecule has 0 amide bonds. The summed E-state index contributed by atoms with van der Waals surface area (Å²) in [6.07, 6.45) is 4.80. The van der Waals surface area contributed by atoms with Crippen molar-refractivity contribution in [2.24, 2.45) is 4.99 Å².